The summed E-state index contributed by atoms with van der Waals surface area (Å²) in [6.45, 7) is 2.13. The van der Waals surface area contributed by atoms with Gasteiger partial charge in [-0.15, -0.1) is 0 Å². The minimum atomic E-state index is -0.971. The number of amides is 5. The molecule has 208 valence electrons. The summed E-state index contributed by atoms with van der Waals surface area (Å²) in [5.74, 6) is -0.932. The van der Waals surface area contributed by atoms with Crippen molar-refractivity contribution in [2.75, 3.05) is 27.2 Å². The van der Waals surface area contributed by atoms with Gasteiger partial charge in [-0.05, 0) is 44.4 Å². The van der Waals surface area contributed by atoms with Crippen LogP contribution in [-0.4, -0.2) is 84.9 Å². The van der Waals surface area contributed by atoms with Gasteiger partial charge in [0.05, 0.1) is 18.6 Å². The maximum absolute atomic E-state index is 14.0. The predicted octanol–water partition coefficient (Wildman–Crippen LogP) is 1.39. The third-order valence-electron chi connectivity index (χ3n) is 7.69. The lowest BCUT2D eigenvalue weighted by molar-refractivity contribution is -0.145. The van der Waals surface area contributed by atoms with Crippen molar-refractivity contribution < 1.29 is 19.2 Å². The van der Waals surface area contributed by atoms with Gasteiger partial charge in [-0.2, -0.15) is 0 Å². The van der Waals surface area contributed by atoms with E-state index in [2.05, 4.69) is 21.3 Å². The number of hydrogen-bond donors (Lipinski definition) is 4. The van der Waals surface area contributed by atoms with E-state index >= 15 is 0 Å². The average Bonchev–Trinajstić information content (AvgIpc) is 3.39. The molecule has 0 aromatic heterocycles. The van der Waals surface area contributed by atoms with Gasteiger partial charge in [0.2, 0.25) is 17.7 Å². The fourth-order valence-corrected chi connectivity index (χ4v) is 5.40. The number of hydrogen-bond acceptors (Lipinski definition) is 5. The summed E-state index contributed by atoms with van der Waals surface area (Å²) in [4.78, 5) is 56.3. The summed E-state index contributed by atoms with van der Waals surface area (Å²) in [7, 11) is 3.20. The van der Waals surface area contributed by atoms with Crippen molar-refractivity contribution in [3.63, 3.8) is 0 Å². The number of nitrogens with zero attached hydrogens (tertiary/aromatic N) is 2. The van der Waals surface area contributed by atoms with Gasteiger partial charge in [0, 0.05) is 19.6 Å². The summed E-state index contributed by atoms with van der Waals surface area (Å²) in [5.41, 5.74) is 1.89. The number of benzene rings is 2. The Morgan fingerprint density at radius 3 is 2.08 bits per heavy atom. The molecule has 2 aromatic carbocycles. The molecule has 2 fully saturated rings. The second-order valence-corrected chi connectivity index (χ2v) is 10.1. The van der Waals surface area contributed by atoms with Crippen LogP contribution in [0.1, 0.15) is 43.4 Å². The van der Waals surface area contributed by atoms with Crippen molar-refractivity contribution in [3.05, 3.63) is 71.8 Å². The highest BCUT2D eigenvalue weighted by atomic mass is 16.2. The number of carbonyl (C=O) groups excluding carboxylic acids is 4. The molecule has 0 saturated carbocycles. The van der Waals surface area contributed by atoms with Gasteiger partial charge >= 0.3 is 6.03 Å². The van der Waals surface area contributed by atoms with Crippen LogP contribution in [0.2, 0.25) is 0 Å². The smallest absolute Gasteiger partial charge is 0.317 e. The molecule has 5 amide bonds. The van der Waals surface area contributed by atoms with Crippen molar-refractivity contribution in [2.24, 2.45) is 0 Å². The van der Waals surface area contributed by atoms with E-state index in [1.165, 1.54) is 7.05 Å². The second-order valence-electron chi connectivity index (χ2n) is 10.1. The molecule has 4 unspecified atom stereocenters. The van der Waals surface area contributed by atoms with Gasteiger partial charge in [-0.3, -0.25) is 14.4 Å². The van der Waals surface area contributed by atoms with Crippen LogP contribution in [0.5, 0.6) is 0 Å². The molecule has 39 heavy (non-hydrogen) atoms. The van der Waals surface area contributed by atoms with Gasteiger partial charge < -0.3 is 31.1 Å². The number of likely N-dealkylation sites (N-methyl/N-ethyl adjacent to an activating group) is 1. The largest absolute Gasteiger partial charge is 0.343 e. The fourth-order valence-electron chi connectivity index (χ4n) is 5.40. The lowest BCUT2D eigenvalue weighted by Gasteiger charge is -2.39. The van der Waals surface area contributed by atoms with E-state index in [0.717, 1.165) is 11.1 Å². The SMILES string of the molecule is CNC(=O)N1CCC2CCC(C(=O)NC(c3ccccc3)c3ccccc3)N2C(=O)C(NC(=O)C(C)NC)C1. The van der Waals surface area contributed by atoms with E-state index in [4.69, 9.17) is 0 Å². The number of urea groups is 1. The molecule has 0 bridgehead atoms. The molecule has 2 saturated heterocycles. The van der Waals surface area contributed by atoms with Crippen LogP contribution in [0, 0.1) is 0 Å². The van der Waals surface area contributed by atoms with Crippen LogP contribution < -0.4 is 21.3 Å². The number of nitrogens with one attached hydrogen (secondary N) is 4. The maximum atomic E-state index is 14.0. The van der Waals surface area contributed by atoms with Crippen LogP contribution in [0.15, 0.2) is 60.7 Å². The summed E-state index contributed by atoms with van der Waals surface area (Å²) in [6.07, 6.45) is 1.70. The lowest BCUT2D eigenvalue weighted by Crippen LogP contribution is -2.62. The van der Waals surface area contributed by atoms with Crippen LogP contribution in [0.25, 0.3) is 0 Å². The molecule has 10 nitrogen and oxygen atoms in total. The van der Waals surface area contributed by atoms with Gasteiger partial charge in [-0.25, -0.2) is 4.79 Å². The first-order valence-electron chi connectivity index (χ1n) is 13.5. The first-order valence-corrected chi connectivity index (χ1v) is 13.5. The Bertz CT molecular complexity index is 1120. The summed E-state index contributed by atoms with van der Waals surface area (Å²) < 4.78 is 0. The quantitative estimate of drug-likeness (QED) is 0.428. The van der Waals surface area contributed by atoms with Crippen molar-refractivity contribution in [1.29, 1.82) is 0 Å². The fraction of sp³-hybridized carbons (Fsp3) is 0.448. The first-order chi connectivity index (χ1) is 18.8. The van der Waals surface area contributed by atoms with E-state index in [1.807, 2.05) is 60.7 Å². The van der Waals surface area contributed by atoms with Gasteiger partial charge in [-0.1, -0.05) is 60.7 Å². The van der Waals surface area contributed by atoms with Gasteiger partial charge in [0.15, 0.2) is 0 Å². The van der Waals surface area contributed by atoms with E-state index in [1.54, 1.807) is 23.8 Å². The van der Waals surface area contributed by atoms with Crippen LogP contribution in [0.3, 0.4) is 0 Å². The minimum absolute atomic E-state index is 0.0227. The Morgan fingerprint density at radius 1 is 0.897 bits per heavy atom. The number of fused-ring (bicyclic) bond motifs is 1. The molecule has 0 spiro atoms. The van der Waals surface area contributed by atoms with Gasteiger partial charge in [0.1, 0.15) is 12.1 Å². The molecule has 10 heteroatoms. The Labute approximate surface area is 229 Å². The van der Waals surface area contributed by atoms with Crippen LogP contribution in [0.4, 0.5) is 4.79 Å². The number of carbonyl (C=O) groups is 4. The first kappa shape index (κ1) is 28.1. The zero-order chi connectivity index (χ0) is 27.9. The maximum Gasteiger partial charge on any atom is 0.317 e. The highest BCUT2D eigenvalue weighted by Crippen LogP contribution is 2.31. The zero-order valence-corrected chi connectivity index (χ0v) is 22.7. The summed E-state index contributed by atoms with van der Waals surface area (Å²) in [6, 6.07) is 16.4. The van der Waals surface area contributed by atoms with Crippen LogP contribution >= 0.6 is 0 Å². The van der Waals surface area contributed by atoms with Crippen molar-refractivity contribution in [1.82, 2.24) is 31.1 Å². The normalized spacial score (nSPS) is 21.9. The molecule has 4 rings (SSSR count). The molecular formula is C29H38N6O4. The highest BCUT2D eigenvalue weighted by molar-refractivity contribution is 5.94. The summed E-state index contributed by atoms with van der Waals surface area (Å²) in [5, 5.41) is 11.5. The van der Waals surface area contributed by atoms with Crippen molar-refractivity contribution in [3.8, 4) is 0 Å². The number of rotatable bonds is 7. The van der Waals surface area contributed by atoms with Crippen LogP contribution in [-0.2, 0) is 14.4 Å². The van der Waals surface area contributed by atoms with E-state index < -0.39 is 18.1 Å². The predicted molar refractivity (Wildman–Crippen MR) is 148 cm³/mol. The summed E-state index contributed by atoms with van der Waals surface area (Å²) >= 11 is 0. The highest BCUT2D eigenvalue weighted by Gasteiger charge is 2.45. The molecule has 2 heterocycles. The second kappa shape index (κ2) is 12.8. The van der Waals surface area contributed by atoms with E-state index in [9.17, 15) is 19.2 Å². The molecule has 2 aliphatic rings. The monoisotopic (exact) mass is 534 g/mol. The van der Waals surface area contributed by atoms with Crippen molar-refractivity contribution in [2.45, 2.75) is 56.4 Å². The Kier molecular flexibility index (Phi) is 9.19. The molecule has 2 aromatic rings. The van der Waals surface area contributed by atoms with E-state index in [-0.39, 0.29) is 42.4 Å². The molecule has 0 radical (unpaired) electrons. The molecule has 2 aliphatic heterocycles. The topological polar surface area (TPSA) is 123 Å². The molecule has 4 atom stereocenters. The Morgan fingerprint density at radius 2 is 1.51 bits per heavy atom. The zero-order valence-electron chi connectivity index (χ0n) is 22.7. The average molecular weight is 535 g/mol. The van der Waals surface area contributed by atoms with Gasteiger partial charge in [0.25, 0.3) is 0 Å². The van der Waals surface area contributed by atoms with E-state index in [0.29, 0.717) is 25.8 Å². The molecule has 4 N–H and O–H groups in total. The lowest BCUT2D eigenvalue weighted by atomic mass is 9.98. The minimum Gasteiger partial charge on any atom is -0.343 e. The molecular weight excluding hydrogens is 496 g/mol. The third kappa shape index (κ3) is 6.39. The Balaban J connectivity index is 1.60. The molecule has 0 aliphatic carbocycles. The third-order valence-corrected chi connectivity index (χ3v) is 7.69. The van der Waals surface area contributed by atoms with Crippen molar-refractivity contribution >= 4 is 23.8 Å². The Hall–Kier alpha value is -3.92. The standard InChI is InChI=1S/C29H38N6O4/c1-19(30-2)26(36)32-23-18-34(29(39)31-3)17-16-22-14-15-24(35(22)28(23)38)27(37)33-25(20-10-6-4-7-11-20)21-12-8-5-9-13-21/h4-13,19,22-25,30H,14-18H2,1-3H3,(H,31,39)(H,32,36)(H,33,37).